The Balaban J connectivity index is 0.987. The lowest BCUT2D eigenvalue weighted by molar-refractivity contribution is -0.123. The monoisotopic (exact) mass is 705 g/mol. The number of piperidine rings is 1. The molecule has 3 saturated heterocycles. The van der Waals surface area contributed by atoms with Crippen LogP contribution in [-0.2, 0) is 18.4 Å². The van der Waals surface area contributed by atoms with Gasteiger partial charge in [0.25, 0.3) is 17.4 Å². The fourth-order valence-electron chi connectivity index (χ4n) is 8.43. The van der Waals surface area contributed by atoms with Gasteiger partial charge < -0.3 is 29.2 Å². The maximum absolute atomic E-state index is 13.4. The second-order valence-corrected chi connectivity index (χ2v) is 14.8. The molecule has 13 heteroatoms. The maximum Gasteiger partial charge on any atom is 0.261 e. The van der Waals surface area contributed by atoms with Gasteiger partial charge in [-0.2, -0.15) is 0 Å². The molecule has 1 N–H and O–H groups in total. The summed E-state index contributed by atoms with van der Waals surface area (Å²) >= 11 is 0. The lowest BCUT2D eigenvalue weighted by Gasteiger charge is -2.49. The van der Waals surface area contributed by atoms with Gasteiger partial charge in [0.2, 0.25) is 5.91 Å². The van der Waals surface area contributed by atoms with Crippen LogP contribution in [0.2, 0.25) is 0 Å². The Kier molecular flexibility index (Phi) is 8.20. The molecule has 4 aromatic rings. The number of nitrogens with one attached hydrogen (secondary N) is 1. The highest BCUT2D eigenvalue weighted by atomic mass is 16.5. The van der Waals surface area contributed by atoms with Crippen molar-refractivity contribution in [3.05, 3.63) is 75.8 Å². The molecule has 3 fully saturated rings. The van der Waals surface area contributed by atoms with Crippen molar-refractivity contribution >= 4 is 40.0 Å². The van der Waals surface area contributed by atoms with E-state index in [1.54, 1.807) is 38.1 Å². The number of imide groups is 1. The van der Waals surface area contributed by atoms with E-state index in [1.807, 2.05) is 55.5 Å². The molecule has 270 valence electrons. The van der Waals surface area contributed by atoms with Gasteiger partial charge in [-0.3, -0.25) is 29.0 Å². The van der Waals surface area contributed by atoms with Gasteiger partial charge in [-0.05, 0) is 61.3 Å². The number of methoxy groups -OCH3 is 2. The lowest BCUT2D eigenvalue weighted by atomic mass is 9.78. The van der Waals surface area contributed by atoms with Gasteiger partial charge in [-0.15, -0.1) is 0 Å². The van der Waals surface area contributed by atoms with Crippen molar-refractivity contribution in [1.82, 2.24) is 24.7 Å². The Morgan fingerprint density at radius 1 is 0.923 bits per heavy atom. The average molecular weight is 706 g/mol. The third-order valence-corrected chi connectivity index (χ3v) is 11.3. The third-order valence-electron chi connectivity index (χ3n) is 11.3. The van der Waals surface area contributed by atoms with Gasteiger partial charge in [-0.1, -0.05) is 0 Å². The predicted molar refractivity (Wildman–Crippen MR) is 197 cm³/mol. The molecule has 8 rings (SSSR count). The van der Waals surface area contributed by atoms with E-state index < -0.39 is 0 Å². The second-order valence-electron chi connectivity index (χ2n) is 14.8. The number of aromatic nitrogens is 2. The highest BCUT2D eigenvalue weighted by Crippen LogP contribution is 2.45. The fourth-order valence-corrected chi connectivity index (χ4v) is 8.43. The molecule has 2 aromatic heterocycles. The van der Waals surface area contributed by atoms with Crippen LogP contribution >= 0.6 is 0 Å². The first-order chi connectivity index (χ1) is 25.0. The van der Waals surface area contributed by atoms with E-state index in [0.717, 1.165) is 77.7 Å². The van der Waals surface area contributed by atoms with Crippen LogP contribution in [0.1, 0.15) is 45.5 Å². The lowest BCUT2D eigenvalue weighted by Crippen LogP contribution is -2.57. The van der Waals surface area contributed by atoms with Gasteiger partial charge in [0, 0.05) is 94.7 Å². The minimum Gasteiger partial charge on any atom is -0.496 e. The Hall–Kier alpha value is -5.43. The number of carbonyl (C=O) groups is 3. The number of fused-ring (bicyclic) bond motifs is 2. The molecule has 4 aliphatic heterocycles. The quantitative estimate of drug-likeness (QED) is 0.273. The minimum absolute atomic E-state index is 0.0487. The Morgan fingerprint density at radius 2 is 1.65 bits per heavy atom. The van der Waals surface area contributed by atoms with Gasteiger partial charge in [0.1, 0.15) is 17.3 Å². The van der Waals surface area contributed by atoms with Gasteiger partial charge in [-0.25, -0.2) is 4.98 Å². The van der Waals surface area contributed by atoms with Gasteiger partial charge >= 0.3 is 0 Å². The van der Waals surface area contributed by atoms with Crippen molar-refractivity contribution in [2.75, 3.05) is 70.8 Å². The van der Waals surface area contributed by atoms with Crippen LogP contribution in [0.15, 0.2) is 53.6 Å². The fraction of sp³-hybridized carbons (Fsp3) is 0.410. The van der Waals surface area contributed by atoms with E-state index in [1.165, 1.54) is 4.90 Å². The zero-order chi connectivity index (χ0) is 36.5. The summed E-state index contributed by atoms with van der Waals surface area (Å²) in [5, 5.41) is 4.14. The van der Waals surface area contributed by atoms with Gasteiger partial charge in [0.15, 0.2) is 0 Å². The molecule has 1 unspecified atom stereocenters. The average Bonchev–Trinajstić information content (AvgIpc) is 3.67. The number of likely N-dealkylation sites (tertiary alicyclic amines) is 1. The Labute approximate surface area is 301 Å². The molecular formula is C39H43N7O6. The number of rotatable bonds is 8. The molecule has 52 heavy (non-hydrogen) atoms. The number of pyridine rings is 2. The van der Waals surface area contributed by atoms with Gasteiger partial charge in [0.05, 0.1) is 42.3 Å². The molecule has 0 bridgehead atoms. The number of aryl methyl sites for hydroxylation is 1. The van der Waals surface area contributed by atoms with Crippen LogP contribution in [0.3, 0.4) is 0 Å². The van der Waals surface area contributed by atoms with Crippen LogP contribution in [0.25, 0.3) is 21.9 Å². The Morgan fingerprint density at radius 3 is 2.33 bits per heavy atom. The largest absolute Gasteiger partial charge is 0.496 e. The Bertz CT molecular complexity index is 2170. The first-order valence-electron chi connectivity index (χ1n) is 17.7. The molecule has 1 spiro atoms. The summed E-state index contributed by atoms with van der Waals surface area (Å²) in [5.74, 6) is 1.59. The summed E-state index contributed by atoms with van der Waals surface area (Å²) in [6, 6.07) is 11.2. The van der Waals surface area contributed by atoms with Crippen molar-refractivity contribution in [1.29, 1.82) is 0 Å². The number of nitrogens with zero attached hydrogens (tertiary/aromatic N) is 6. The summed E-state index contributed by atoms with van der Waals surface area (Å²) in [6.45, 7) is 4.51. The van der Waals surface area contributed by atoms with Crippen molar-refractivity contribution in [3.8, 4) is 22.6 Å². The third kappa shape index (κ3) is 5.54. The zero-order valence-corrected chi connectivity index (χ0v) is 30.2. The van der Waals surface area contributed by atoms with E-state index >= 15 is 0 Å². The molecule has 6 heterocycles. The standard InChI is InChI=1S/C39H43N7O6/c1-42(2)34-15-27-29(17-40-34)36(48)43(3)18-30(27)23-12-32(51-4)31(33(13-23)52-5)19-44-11-10-39(20-44)21-45(22-39)24-6-8-26-28(14-24)38(50)46(37(26)49)25-7-9-35(47)41-16-25/h6,8,12-15,17-18,25H,7,9-11,16,19-22H2,1-5H3,(H,41,47). The van der Waals surface area contributed by atoms with E-state index in [9.17, 15) is 19.2 Å². The van der Waals surface area contributed by atoms with Crippen LogP contribution in [-0.4, -0.2) is 104 Å². The van der Waals surface area contributed by atoms with Crippen LogP contribution in [0.4, 0.5) is 11.5 Å². The maximum atomic E-state index is 13.4. The number of hydrogen-bond acceptors (Lipinski definition) is 10. The molecular weight excluding hydrogens is 662 g/mol. The highest BCUT2D eigenvalue weighted by molar-refractivity contribution is 6.22. The summed E-state index contributed by atoms with van der Waals surface area (Å²) in [4.78, 5) is 63.7. The molecule has 3 amide bonds. The number of hydrogen-bond donors (Lipinski definition) is 1. The number of anilines is 2. The SMILES string of the molecule is COc1cc(-c2cn(C)c(=O)c3cnc(N(C)C)cc23)cc(OC)c1CN1CCC2(C1)CN(c1ccc3c(c1)C(=O)N(C1CCC(=O)NC1)C3=O)C2. The molecule has 1 atom stereocenters. The summed E-state index contributed by atoms with van der Waals surface area (Å²) in [7, 11) is 8.94. The summed E-state index contributed by atoms with van der Waals surface area (Å²) in [5.41, 5.74) is 4.56. The number of benzene rings is 2. The molecule has 13 nitrogen and oxygen atoms in total. The van der Waals surface area contributed by atoms with Crippen LogP contribution < -0.4 is 30.1 Å². The molecule has 0 aliphatic carbocycles. The smallest absolute Gasteiger partial charge is 0.261 e. The first-order valence-corrected chi connectivity index (χ1v) is 17.7. The van der Waals surface area contributed by atoms with Crippen LogP contribution in [0.5, 0.6) is 11.5 Å². The zero-order valence-electron chi connectivity index (χ0n) is 30.2. The topological polar surface area (TPSA) is 130 Å². The van der Waals surface area contributed by atoms with Crippen LogP contribution in [0, 0.1) is 5.41 Å². The van der Waals surface area contributed by atoms with E-state index in [2.05, 4.69) is 20.1 Å². The number of carbonyl (C=O) groups excluding carboxylic acids is 3. The van der Waals surface area contributed by atoms with E-state index in [0.29, 0.717) is 42.4 Å². The molecule has 2 aromatic carbocycles. The molecule has 0 radical (unpaired) electrons. The molecule has 0 saturated carbocycles. The second kappa shape index (κ2) is 12.7. The normalized spacial score (nSPS) is 19.6. The number of amides is 3. The predicted octanol–water partition coefficient (Wildman–Crippen LogP) is 3.27. The van der Waals surface area contributed by atoms with Crippen molar-refractivity contribution in [2.45, 2.75) is 31.8 Å². The minimum atomic E-state index is -0.318. The van der Waals surface area contributed by atoms with Crippen molar-refractivity contribution < 1.29 is 23.9 Å². The highest BCUT2D eigenvalue weighted by Gasteiger charge is 2.48. The van der Waals surface area contributed by atoms with E-state index in [4.69, 9.17) is 9.47 Å². The summed E-state index contributed by atoms with van der Waals surface area (Å²) in [6.07, 6.45) is 5.34. The van der Waals surface area contributed by atoms with E-state index in [-0.39, 0.29) is 34.7 Å². The summed E-state index contributed by atoms with van der Waals surface area (Å²) < 4.78 is 13.5. The first kappa shape index (κ1) is 33.7. The molecule has 4 aliphatic rings. The van der Waals surface area contributed by atoms with Crippen molar-refractivity contribution in [3.63, 3.8) is 0 Å². The van der Waals surface area contributed by atoms with Crippen molar-refractivity contribution in [2.24, 2.45) is 12.5 Å². The number of ether oxygens (including phenoxy) is 2.